The number of para-hydroxylation sites is 1. The zero-order chi connectivity index (χ0) is 23.9. The lowest BCUT2D eigenvalue weighted by atomic mass is 10.2. The average Bonchev–Trinajstić information content (AvgIpc) is 2.76. The molecule has 1 heterocycles. The molecule has 0 bridgehead atoms. The molecule has 2 atom stereocenters. The van der Waals surface area contributed by atoms with Gasteiger partial charge in [0.05, 0.1) is 20.3 Å². The lowest BCUT2D eigenvalue weighted by Crippen LogP contribution is -2.39. The first kappa shape index (κ1) is 25.3. The van der Waals surface area contributed by atoms with Crippen LogP contribution in [0.1, 0.15) is 38.3 Å². The van der Waals surface area contributed by atoms with E-state index in [-0.39, 0.29) is 17.9 Å². The van der Waals surface area contributed by atoms with E-state index in [1.165, 1.54) is 21.1 Å². The number of methoxy groups -OCH3 is 2. The smallest absolute Gasteiger partial charge is 0.262 e. The number of hydrogen-bond acceptors (Lipinski definition) is 8. The molecule has 0 unspecified atom stereocenters. The van der Waals surface area contributed by atoms with Crippen LogP contribution in [0.5, 0.6) is 11.5 Å². The van der Waals surface area contributed by atoms with Crippen LogP contribution in [0.4, 0.5) is 5.69 Å². The Labute approximate surface area is 188 Å². The van der Waals surface area contributed by atoms with E-state index < -0.39 is 21.4 Å². The Kier molecular flexibility index (Phi) is 8.75. The molecule has 1 aromatic carbocycles. The summed E-state index contributed by atoms with van der Waals surface area (Å²) in [7, 11) is -1.19. The van der Waals surface area contributed by atoms with Crippen molar-refractivity contribution in [3.63, 3.8) is 0 Å². The van der Waals surface area contributed by atoms with Gasteiger partial charge in [0.15, 0.2) is 5.82 Å². The summed E-state index contributed by atoms with van der Waals surface area (Å²) in [5.74, 6) is 6.39. The minimum Gasteiger partial charge on any atom is -0.494 e. The van der Waals surface area contributed by atoms with Crippen LogP contribution in [0, 0.1) is 6.92 Å². The van der Waals surface area contributed by atoms with Gasteiger partial charge in [-0.15, -0.1) is 4.40 Å². The van der Waals surface area contributed by atoms with Gasteiger partial charge in [-0.2, -0.15) is 0 Å². The van der Waals surface area contributed by atoms with E-state index in [1.807, 2.05) is 6.92 Å². The summed E-state index contributed by atoms with van der Waals surface area (Å²) >= 11 is 0. The van der Waals surface area contributed by atoms with Crippen molar-refractivity contribution in [3.8, 4) is 11.5 Å². The third-order valence-corrected chi connectivity index (χ3v) is 6.02. The van der Waals surface area contributed by atoms with Gasteiger partial charge >= 0.3 is 0 Å². The van der Waals surface area contributed by atoms with Gasteiger partial charge in [-0.25, -0.2) is 24.2 Å². The fourth-order valence-corrected chi connectivity index (χ4v) is 3.79. The predicted molar refractivity (Wildman–Crippen MR) is 122 cm³/mol. The summed E-state index contributed by atoms with van der Waals surface area (Å²) in [4.78, 5) is 8.48. The SMILES string of the molecule is COc1cccc(OC)c1N/C(=N/S(=O)(=O)[C@@H](C)[C@@H](OC(C)C)c1ncc(C)cn1)NN. The monoisotopic (exact) mass is 466 g/mol. The molecule has 32 heavy (non-hydrogen) atoms. The number of guanidine groups is 1. The Morgan fingerprint density at radius 2 is 1.66 bits per heavy atom. The number of hydrazine groups is 1. The van der Waals surface area contributed by atoms with Crippen molar-refractivity contribution in [1.29, 1.82) is 0 Å². The van der Waals surface area contributed by atoms with E-state index in [0.717, 1.165) is 5.56 Å². The van der Waals surface area contributed by atoms with Gasteiger partial charge in [-0.1, -0.05) is 6.07 Å². The molecule has 11 nitrogen and oxygen atoms in total. The number of nitrogens with zero attached hydrogens (tertiary/aromatic N) is 3. The van der Waals surface area contributed by atoms with Crippen LogP contribution in [0.15, 0.2) is 35.0 Å². The molecule has 0 saturated carbocycles. The van der Waals surface area contributed by atoms with Crippen molar-refractivity contribution >= 4 is 21.7 Å². The Bertz CT molecular complexity index is 1010. The van der Waals surface area contributed by atoms with E-state index in [4.69, 9.17) is 20.1 Å². The average molecular weight is 467 g/mol. The maximum Gasteiger partial charge on any atom is 0.262 e. The molecular weight excluding hydrogens is 436 g/mol. The summed E-state index contributed by atoms with van der Waals surface area (Å²) < 4.78 is 46.6. The van der Waals surface area contributed by atoms with Gasteiger partial charge in [0.2, 0.25) is 5.96 Å². The van der Waals surface area contributed by atoms with Gasteiger partial charge in [-0.05, 0) is 45.4 Å². The molecular formula is C20H30N6O5S. The number of rotatable bonds is 9. The molecule has 12 heteroatoms. The molecule has 0 radical (unpaired) electrons. The largest absolute Gasteiger partial charge is 0.494 e. The molecule has 176 valence electrons. The minimum atomic E-state index is -4.14. The van der Waals surface area contributed by atoms with E-state index in [0.29, 0.717) is 17.2 Å². The third kappa shape index (κ3) is 6.28. The van der Waals surface area contributed by atoms with E-state index in [9.17, 15) is 8.42 Å². The summed E-state index contributed by atoms with van der Waals surface area (Å²) in [5, 5.41) is 1.70. The maximum atomic E-state index is 13.1. The number of hydrogen-bond donors (Lipinski definition) is 3. The molecule has 0 saturated heterocycles. The minimum absolute atomic E-state index is 0.229. The molecule has 1 aromatic heterocycles. The highest BCUT2D eigenvalue weighted by Crippen LogP contribution is 2.34. The predicted octanol–water partition coefficient (Wildman–Crippen LogP) is 1.92. The fraction of sp³-hybridized carbons (Fsp3) is 0.450. The number of ether oxygens (including phenoxy) is 3. The van der Waals surface area contributed by atoms with Crippen molar-refractivity contribution in [3.05, 3.63) is 42.0 Å². The topological polar surface area (TPSA) is 150 Å². The third-order valence-electron chi connectivity index (χ3n) is 4.40. The maximum absolute atomic E-state index is 13.1. The van der Waals surface area contributed by atoms with Crippen molar-refractivity contribution < 1.29 is 22.6 Å². The van der Waals surface area contributed by atoms with Crippen LogP contribution in [0.3, 0.4) is 0 Å². The number of anilines is 1. The molecule has 0 amide bonds. The Morgan fingerprint density at radius 1 is 1.09 bits per heavy atom. The van der Waals surface area contributed by atoms with E-state index in [1.54, 1.807) is 44.4 Å². The van der Waals surface area contributed by atoms with Crippen LogP contribution in [0.25, 0.3) is 0 Å². The lowest BCUT2D eigenvalue weighted by Gasteiger charge is -2.24. The van der Waals surface area contributed by atoms with Gasteiger partial charge < -0.3 is 19.5 Å². The van der Waals surface area contributed by atoms with Gasteiger partial charge in [0.25, 0.3) is 10.0 Å². The molecule has 0 aliphatic rings. The van der Waals surface area contributed by atoms with Crippen LogP contribution < -0.4 is 26.1 Å². The highest BCUT2D eigenvalue weighted by molar-refractivity contribution is 7.90. The highest BCUT2D eigenvalue weighted by Gasteiger charge is 2.34. The first-order valence-corrected chi connectivity index (χ1v) is 11.4. The standard InChI is InChI=1S/C20H30N6O5S/c1-12(2)31-18(19-22-10-13(3)11-23-19)14(4)32(27,28)26-20(25-21)24-17-15(29-5)8-7-9-16(17)30-6/h7-12,14,18H,21H2,1-6H3,(H2,24,25,26)/t14-,18+/m0/s1. The zero-order valence-electron chi connectivity index (χ0n) is 19.0. The summed E-state index contributed by atoms with van der Waals surface area (Å²) in [5.41, 5.74) is 3.47. The molecule has 0 spiro atoms. The number of aryl methyl sites for hydroxylation is 1. The van der Waals surface area contributed by atoms with E-state index >= 15 is 0 Å². The van der Waals surface area contributed by atoms with E-state index in [2.05, 4.69) is 25.1 Å². The second kappa shape index (κ2) is 11.1. The van der Waals surface area contributed by atoms with Gasteiger partial charge in [0.1, 0.15) is 28.5 Å². The zero-order valence-corrected chi connectivity index (χ0v) is 19.8. The molecule has 0 fully saturated rings. The lowest BCUT2D eigenvalue weighted by molar-refractivity contribution is 0.00145. The van der Waals surface area contributed by atoms with Crippen LogP contribution >= 0.6 is 0 Å². The highest BCUT2D eigenvalue weighted by atomic mass is 32.2. The number of sulfonamides is 1. The summed E-state index contributed by atoms with van der Waals surface area (Å²) in [6.07, 6.45) is 1.99. The molecule has 0 aliphatic carbocycles. The summed E-state index contributed by atoms with van der Waals surface area (Å²) in [6, 6.07) is 5.08. The van der Waals surface area contributed by atoms with Crippen molar-refractivity contribution in [2.24, 2.45) is 10.2 Å². The van der Waals surface area contributed by atoms with Gasteiger partial charge in [0, 0.05) is 12.4 Å². The fourth-order valence-electron chi connectivity index (χ4n) is 2.77. The Morgan fingerprint density at radius 3 is 2.12 bits per heavy atom. The number of aromatic nitrogens is 2. The first-order chi connectivity index (χ1) is 15.1. The number of nitrogens with one attached hydrogen (secondary N) is 2. The van der Waals surface area contributed by atoms with Crippen LogP contribution in [0.2, 0.25) is 0 Å². The molecule has 2 aromatic rings. The van der Waals surface area contributed by atoms with Gasteiger partial charge in [-0.3, -0.25) is 5.43 Å². The molecule has 2 rings (SSSR count). The van der Waals surface area contributed by atoms with Crippen molar-refractivity contribution in [2.75, 3.05) is 19.5 Å². The second-order valence-electron chi connectivity index (χ2n) is 7.19. The molecule has 4 N–H and O–H groups in total. The number of nitrogens with two attached hydrogens (primary N) is 1. The second-order valence-corrected chi connectivity index (χ2v) is 9.15. The van der Waals surface area contributed by atoms with Crippen molar-refractivity contribution in [2.45, 2.75) is 45.2 Å². The normalized spacial score (nSPS) is 14.1. The van der Waals surface area contributed by atoms with Crippen LogP contribution in [-0.4, -0.2) is 49.9 Å². The Hall–Kier alpha value is -2.96. The summed E-state index contributed by atoms with van der Waals surface area (Å²) in [6.45, 7) is 6.91. The first-order valence-electron chi connectivity index (χ1n) is 9.85. The molecule has 0 aliphatic heterocycles. The Balaban J connectivity index is 2.41. The van der Waals surface area contributed by atoms with Crippen LogP contribution in [-0.2, 0) is 14.8 Å². The quantitative estimate of drug-likeness (QED) is 0.216. The van der Waals surface area contributed by atoms with Crippen molar-refractivity contribution in [1.82, 2.24) is 15.4 Å². The number of benzene rings is 1.